The normalized spacial score (nSPS) is 22.7. The van der Waals surface area contributed by atoms with Gasteiger partial charge in [-0.05, 0) is 117 Å². The van der Waals surface area contributed by atoms with E-state index in [4.69, 9.17) is 9.47 Å². The molecule has 1 fully saturated rings. The van der Waals surface area contributed by atoms with Crippen molar-refractivity contribution >= 4 is 33.2 Å². The first-order chi connectivity index (χ1) is 27.9. The van der Waals surface area contributed by atoms with E-state index < -0.39 is 17.1 Å². The number of ether oxygens (including phenoxy) is 2. The van der Waals surface area contributed by atoms with Crippen LogP contribution in [0.1, 0.15) is 109 Å². The number of fused-ring (bicyclic) bond motifs is 9. The molecule has 3 N–H and O–H groups in total. The highest BCUT2D eigenvalue weighted by Gasteiger charge is 2.57. The summed E-state index contributed by atoms with van der Waals surface area (Å²) >= 11 is 1.49. The van der Waals surface area contributed by atoms with Gasteiger partial charge in [0.25, 0.3) is 0 Å². The highest BCUT2D eigenvalue weighted by Crippen LogP contribution is 2.59. The van der Waals surface area contributed by atoms with Crippen LogP contribution < -0.4 is 14.8 Å². The van der Waals surface area contributed by atoms with Gasteiger partial charge < -0.3 is 29.9 Å². The average Bonchev–Trinajstić information content (AvgIpc) is 3.77. The van der Waals surface area contributed by atoms with Crippen molar-refractivity contribution in [3.05, 3.63) is 141 Å². The van der Waals surface area contributed by atoms with Crippen LogP contribution >= 0.6 is 11.3 Å². The molecule has 0 aliphatic heterocycles. The van der Waals surface area contributed by atoms with Crippen LogP contribution in [0.4, 0.5) is 4.79 Å². The predicted octanol–water partition coefficient (Wildman–Crippen LogP) is 10.2. The van der Waals surface area contributed by atoms with Gasteiger partial charge in [-0.15, -0.1) is 11.3 Å². The summed E-state index contributed by atoms with van der Waals surface area (Å²) in [5, 5.41) is 28.6. The standard InChI is InChI=1S/C49H56N2O6S/c1-32-12-11-24-48(3)42(40-22-18-34(26-38(52)20-17-32)27-41(40)46(53)45-28-36-15-9-10-16-44(36)58-45)23-25-49(48,55)31-51(30-37-19-21-39(56-4)29-43(37)57-5)47(54)50-33(2)35-13-7-6-8-14-35/h6-10,12-16,18-19,21-22,27-29,33,38,42,52,55H,11,17,20,23-26,30-31H2,1-5H3,(H,50,54)/t33-,38+,42+,48+,49-/m1/s1. The van der Waals surface area contributed by atoms with Crippen molar-refractivity contribution in [2.45, 2.75) is 95.9 Å². The molecule has 5 aromatic rings. The molecule has 0 radical (unpaired) electrons. The third-order valence-corrected chi connectivity index (χ3v) is 13.9. The number of nitrogens with one attached hydrogen (secondary N) is 1. The van der Waals surface area contributed by atoms with Crippen molar-refractivity contribution in [3.63, 3.8) is 0 Å². The molecule has 3 aliphatic rings. The number of nitrogens with zero attached hydrogens (tertiary/aromatic N) is 1. The Bertz CT molecular complexity index is 2250. The number of carbonyl (C=O) groups excluding carboxylic acids is 2. The van der Waals surface area contributed by atoms with Gasteiger partial charge in [0.15, 0.2) is 0 Å². The zero-order valence-electron chi connectivity index (χ0n) is 34.3. The zero-order valence-corrected chi connectivity index (χ0v) is 35.1. The topological polar surface area (TPSA) is 108 Å². The lowest BCUT2D eigenvalue weighted by molar-refractivity contribution is -0.0781. The van der Waals surface area contributed by atoms with Gasteiger partial charge in [0.05, 0.1) is 49.9 Å². The molecule has 1 heterocycles. The summed E-state index contributed by atoms with van der Waals surface area (Å²) in [6.45, 7) is 6.48. The Hall–Kier alpha value is -4.96. The minimum atomic E-state index is -1.32. The van der Waals surface area contributed by atoms with E-state index in [1.54, 1.807) is 19.1 Å². The van der Waals surface area contributed by atoms with E-state index in [2.05, 4.69) is 31.3 Å². The van der Waals surface area contributed by atoms with Crippen molar-refractivity contribution in [1.29, 1.82) is 0 Å². The number of carbonyl (C=O) groups is 2. The Labute approximate surface area is 346 Å². The Balaban J connectivity index is 1.30. The molecule has 8 nitrogen and oxygen atoms in total. The Kier molecular flexibility index (Phi) is 12.4. The van der Waals surface area contributed by atoms with Crippen LogP contribution in [0, 0.1) is 5.41 Å². The van der Waals surface area contributed by atoms with E-state index >= 15 is 0 Å². The summed E-state index contributed by atoms with van der Waals surface area (Å²) < 4.78 is 12.3. The van der Waals surface area contributed by atoms with Gasteiger partial charge in [0, 0.05) is 27.3 Å². The first-order valence-corrected chi connectivity index (χ1v) is 21.3. The molecule has 1 saturated carbocycles. The molecule has 8 rings (SSSR count). The highest BCUT2D eigenvalue weighted by molar-refractivity contribution is 7.21. The summed E-state index contributed by atoms with van der Waals surface area (Å²) in [4.78, 5) is 31.6. The summed E-state index contributed by atoms with van der Waals surface area (Å²) in [7, 11) is 3.21. The van der Waals surface area contributed by atoms with Crippen LogP contribution in [0.25, 0.3) is 10.1 Å². The fourth-order valence-corrected chi connectivity index (χ4v) is 10.2. The minimum Gasteiger partial charge on any atom is -0.497 e. The molecule has 9 heteroatoms. The molecule has 0 saturated heterocycles. The fourth-order valence-electron chi connectivity index (χ4n) is 9.23. The largest absolute Gasteiger partial charge is 0.497 e. The van der Waals surface area contributed by atoms with Crippen LogP contribution in [-0.2, 0) is 13.0 Å². The number of ketones is 1. The first-order valence-electron chi connectivity index (χ1n) is 20.4. The van der Waals surface area contributed by atoms with Gasteiger partial charge in [-0.2, -0.15) is 0 Å². The third-order valence-electron chi connectivity index (χ3n) is 12.8. The van der Waals surface area contributed by atoms with Gasteiger partial charge in [-0.25, -0.2) is 4.79 Å². The SMILES string of the molecule is COc1ccc(CN(C[C@]2(O)CC[C@H]3c4ccc(cc4C(=O)c4cc5ccccc5s4)C[C@@H](O)CCC(C)=CCC[C@@]32C)C(=O)N[C@H](C)c2ccccc2)c(OC)c1. The van der Waals surface area contributed by atoms with E-state index in [9.17, 15) is 19.8 Å². The van der Waals surface area contributed by atoms with Gasteiger partial charge in [-0.3, -0.25) is 4.79 Å². The maximum atomic E-state index is 14.7. The van der Waals surface area contributed by atoms with Crippen molar-refractivity contribution in [2.75, 3.05) is 20.8 Å². The maximum Gasteiger partial charge on any atom is 0.318 e. The maximum absolute atomic E-state index is 14.7. The highest BCUT2D eigenvalue weighted by atomic mass is 32.1. The summed E-state index contributed by atoms with van der Waals surface area (Å²) in [5.74, 6) is 0.994. The lowest BCUT2D eigenvalue weighted by atomic mass is 9.64. The predicted molar refractivity (Wildman–Crippen MR) is 232 cm³/mol. The van der Waals surface area contributed by atoms with Crippen molar-refractivity contribution < 1.29 is 29.3 Å². The summed E-state index contributed by atoms with van der Waals surface area (Å²) in [6, 6.07) is 31.0. The molecule has 0 unspecified atom stereocenters. The number of thiophene rings is 1. The number of amides is 2. The number of hydrogen-bond donors (Lipinski definition) is 3. The molecule has 304 valence electrons. The number of methoxy groups -OCH3 is 2. The van der Waals surface area contributed by atoms with Crippen LogP contribution in [0.3, 0.4) is 0 Å². The molecule has 1 aromatic heterocycles. The Morgan fingerprint density at radius 2 is 1.72 bits per heavy atom. The number of benzene rings is 4. The number of aliphatic hydroxyl groups excluding tert-OH is 1. The monoisotopic (exact) mass is 800 g/mol. The van der Waals surface area contributed by atoms with Crippen molar-refractivity contribution in [1.82, 2.24) is 10.2 Å². The molecule has 5 atom stereocenters. The van der Waals surface area contributed by atoms with Crippen LogP contribution in [0.5, 0.6) is 11.5 Å². The van der Waals surface area contributed by atoms with E-state index in [-0.39, 0.29) is 36.9 Å². The summed E-state index contributed by atoms with van der Waals surface area (Å²) in [5.41, 5.74) is 3.34. The number of aliphatic hydroxyl groups is 2. The van der Waals surface area contributed by atoms with Crippen molar-refractivity contribution in [3.8, 4) is 11.5 Å². The van der Waals surface area contributed by atoms with Crippen molar-refractivity contribution in [2.24, 2.45) is 5.41 Å². The van der Waals surface area contributed by atoms with Crippen LogP contribution in [-0.4, -0.2) is 59.4 Å². The molecular weight excluding hydrogens is 745 g/mol. The molecule has 2 amide bonds. The quantitative estimate of drug-likeness (QED) is 0.0959. The van der Waals surface area contributed by atoms with Crippen LogP contribution in [0.15, 0.2) is 109 Å². The second kappa shape index (κ2) is 17.5. The third kappa shape index (κ3) is 8.58. The molecule has 3 aliphatic carbocycles. The van der Waals surface area contributed by atoms with Gasteiger partial charge in [0.2, 0.25) is 5.78 Å². The number of allylic oxidation sites excluding steroid dienone is 2. The van der Waals surface area contributed by atoms with E-state index in [1.165, 1.54) is 16.9 Å². The lowest BCUT2D eigenvalue weighted by Crippen LogP contribution is -2.55. The Morgan fingerprint density at radius 3 is 2.48 bits per heavy atom. The second-order valence-corrected chi connectivity index (χ2v) is 17.6. The number of hydrogen-bond acceptors (Lipinski definition) is 7. The van der Waals surface area contributed by atoms with E-state index in [0.29, 0.717) is 60.5 Å². The number of urea groups is 1. The molecule has 2 bridgehead atoms. The van der Waals surface area contributed by atoms with E-state index in [1.807, 2.05) is 97.9 Å². The summed E-state index contributed by atoms with van der Waals surface area (Å²) in [6.07, 6.45) is 5.94. The molecular formula is C49H56N2O6S. The second-order valence-electron chi connectivity index (χ2n) is 16.5. The van der Waals surface area contributed by atoms with Crippen LogP contribution in [0.2, 0.25) is 0 Å². The van der Waals surface area contributed by atoms with E-state index in [0.717, 1.165) is 38.8 Å². The average molecular weight is 801 g/mol. The van der Waals surface area contributed by atoms with Gasteiger partial charge in [0.1, 0.15) is 11.5 Å². The fraction of sp³-hybridized carbons (Fsp3) is 0.388. The Morgan fingerprint density at radius 1 is 0.948 bits per heavy atom. The van der Waals surface area contributed by atoms with Gasteiger partial charge >= 0.3 is 6.03 Å². The lowest BCUT2D eigenvalue weighted by Gasteiger charge is -2.46. The first kappa shape index (κ1) is 41.2. The molecule has 58 heavy (non-hydrogen) atoms. The zero-order chi connectivity index (χ0) is 41.0. The molecule has 4 aromatic carbocycles. The smallest absolute Gasteiger partial charge is 0.318 e. The minimum absolute atomic E-state index is 0.0457. The van der Waals surface area contributed by atoms with Gasteiger partial charge in [-0.1, -0.05) is 79.2 Å². The number of rotatable bonds is 10. The molecule has 0 spiro atoms.